The standard InChI is InChI=1S/C13H9ClN2O3/c14-13-15-5-4-10(16-13)7-11(17)8-2-1-3-9(6-8)12(18)19/h1-6H,7H2,(H,18,19). The number of Topliss-reactive ketones (excluding diaryl/α,β-unsaturated/α-hetero) is 1. The van der Waals surface area contributed by atoms with Crippen molar-refractivity contribution in [1.82, 2.24) is 9.97 Å². The Morgan fingerprint density at radius 3 is 2.63 bits per heavy atom. The highest BCUT2D eigenvalue weighted by Gasteiger charge is 2.11. The molecule has 1 aromatic heterocycles. The Bertz CT molecular complexity index is 643. The van der Waals surface area contributed by atoms with E-state index in [1.807, 2.05) is 0 Å². The van der Waals surface area contributed by atoms with Crippen LogP contribution in [-0.4, -0.2) is 26.8 Å². The fourth-order valence-corrected chi connectivity index (χ4v) is 1.73. The minimum absolute atomic E-state index is 0.0469. The van der Waals surface area contributed by atoms with Gasteiger partial charge in [0, 0.05) is 11.8 Å². The number of rotatable bonds is 4. The van der Waals surface area contributed by atoms with E-state index < -0.39 is 5.97 Å². The zero-order valence-electron chi connectivity index (χ0n) is 9.71. The number of aromatic carboxylic acids is 1. The number of carboxylic acids is 1. The van der Waals surface area contributed by atoms with Gasteiger partial charge in [-0.2, -0.15) is 0 Å². The molecule has 0 saturated heterocycles. The van der Waals surface area contributed by atoms with Crippen LogP contribution in [0.5, 0.6) is 0 Å². The molecule has 1 N–H and O–H groups in total. The van der Waals surface area contributed by atoms with Crippen molar-refractivity contribution in [2.45, 2.75) is 6.42 Å². The first-order valence-electron chi connectivity index (χ1n) is 5.40. The summed E-state index contributed by atoms with van der Waals surface area (Å²) in [5, 5.41) is 8.94. The summed E-state index contributed by atoms with van der Waals surface area (Å²) in [4.78, 5) is 30.5. The van der Waals surface area contributed by atoms with Gasteiger partial charge in [0.25, 0.3) is 0 Å². The van der Waals surface area contributed by atoms with Crippen LogP contribution in [0.1, 0.15) is 26.4 Å². The maximum Gasteiger partial charge on any atom is 0.335 e. The molecule has 2 rings (SSSR count). The van der Waals surface area contributed by atoms with Crippen molar-refractivity contribution in [1.29, 1.82) is 0 Å². The van der Waals surface area contributed by atoms with E-state index in [0.29, 0.717) is 11.3 Å². The number of halogens is 1. The van der Waals surface area contributed by atoms with Crippen LogP contribution in [0.2, 0.25) is 5.28 Å². The van der Waals surface area contributed by atoms with Crippen LogP contribution >= 0.6 is 11.6 Å². The summed E-state index contributed by atoms with van der Waals surface area (Å²) in [6, 6.07) is 7.46. The molecule has 1 aromatic carbocycles. The largest absolute Gasteiger partial charge is 0.478 e. The normalized spacial score (nSPS) is 10.2. The third-order valence-electron chi connectivity index (χ3n) is 2.46. The van der Waals surface area contributed by atoms with Gasteiger partial charge in [0.05, 0.1) is 17.7 Å². The average molecular weight is 277 g/mol. The third-order valence-corrected chi connectivity index (χ3v) is 2.64. The zero-order valence-corrected chi connectivity index (χ0v) is 10.5. The van der Waals surface area contributed by atoms with Crippen LogP contribution in [0.15, 0.2) is 36.5 Å². The van der Waals surface area contributed by atoms with Crippen LogP contribution in [0.3, 0.4) is 0 Å². The fraction of sp³-hybridized carbons (Fsp3) is 0.0769. The first kappa shape index (κ1) is 13.2. The van der Waals surface area contributed by atoms with E-state index in [9.17, 15) is 9.59 Å². The molecule has 19 heavy (non-hydrogen) atoms. The molecule has 2 aromatic rings. The van der Waals surface area contributed by atoms with Gasteiger partial charge >= 0.3 is 5.97 Å². The van der Waals surface area contributed by atoms with Gasteiger partial charge in [0.2, 0.25) is 5.28 Å². The Morgan fingerprint density at radius 1 is 1.21 bits per heavy atom. The van der Waals surface area contributed by atoms with Crippen LogP contribution < -0.4 is 0 Å². The number of carbonyl (C=O) groups excluding carboxylic acids is 1. The fourth-order valence-electron chi connectivity index (χ4n) is 1.56. The van der Waals surface area contributed by atoms with Gasteiger partial charge < -0.3 is 5.11 Å². The first-order valence-corrected chi connectivity index (χ1v) is 5.78. The number of carbonyl (C=O) groups is 2. The third kappa shape index (κ3) is 3.35. The van der Waals surface area contributed by atoms with Crippen molar-refractivity contribution in [2.75, 3.05) is 0 Å². The van der Waals surface area contributed by atoms with Gasteiger partial charge in [0.1, 0.15) is 0 Å². The van der Waals surface area contributed by atoms with E-state index in [-0.39, 0.29) is 23.1 Å². The second kappa shape index (κ2) is 5.58. The number of ketones is 1. The minimum atomic E-state index is -1.07. The second-order valence-corrected chi connectivity index (χ2v) is 4.14. The lowest BCUT2D eigenvalue weighted by Gasteiger charge is -2.02. The number of benzene rings is 1. The predicted octanol–water partition coefficient (Wildman–Crippen LogP) is 2.25. The highest BCUT2D eigenvalue weighted by Crippen LogP contribution is 2.10. The summed E-state index contributed by atoms with van der Waals surface area (Å²) in [6.45, 7) is 0. The molecule has 0 bridgehead atoms. The summed E-state index contributed by atoms with van der Waals surface area (Å²) < 4.78 is 0. The highest BCUT2D eigenvalue weighted by atomic mass is 35.5. The van der Waals surface area contributed by atoms with Crippen LogP contribution in [0, 0.1) is 0 Å². The van der Waals surface area contributed by atoms with Crippen molar-refractivity contribution in [3.8, 4) is 0 Å². The maximum atomic E-state index is 12.0. The number of hydrogen-bond donors (Lipinski definition) is 1. The molecule has 96 valence electrons. The quantitative estimate of drug-likeness (QED) is 0.684. The number of carboxylic acid groups (broad SMARTS) is 1. The lowest BCUT2D eigenvalue weighted by molar-refractivity contribution is 0.0697. The van der Waals surface area contributed by atoms with Gasteiger partial charge in [-0.15, -0.1) is 0 Å². The molecule has 0 aliphatic heterocycles. The van der Waals surface area contributed by atoms with Crippen molar-refractivity contribution in [2.24, 2.45) is 0 Å². The Labute approximate surface area is 113 Å². The van der Waals surface area contributed by atoms with Gasteiger partial charge in [0.15, 0.2) is 5.78 Å². The molecule has 6 heteroatoms. The summed E-state index contributed by atoms with van der Waals surface area (Å²) in [5.41, 5.74) is 0.895. The molecule has 0 fully saturated rings. The van der Waals surface area contributed by atoms with E-state index in [4.69, 9.17) is 16.7 Å². The van der Waals surface area contributed by atoms with E-state index in [1.54, 1.807) is 12.1 Å². The van der Waals surface area contributed by atoms with Crippen LogP contribution in [-0.2, 0) is 6.42 Å². The minimum Gasteiger partial charge on any atom is -0.478 e. The Kier molecular flexibility index (Phi) is 3.87. The van der Waals surface area contributed by atoms with Crippen LogP contribution in [0.25, 0.3) is 0 Å². The predicted molar refractivity (Wildman–Crippen MR) is 68.5 cm³/mol. The van der Waals surface area contributed by atoms with Crippen LogP contribution in [0.4, 0.5) is 0 Å². The van der Waals surface area contributed by atoms with E-state index in [2.05, 4.69) is 9.97 Å². The molecule has 0 spiro atoms. The Hall–Kier alpha value is -2.27. The molecule has 1 heterocycles. The van der Waals surface area contributed by atoms with Crippen molar-refractivity contribution in [3.63, 3.8) is 0 Å². The highest BCUT2D eigenvalue weighted by molar-refractivity contribution is 6.28. The summed E-state index contributed by atoms with van der Waals surface area (Å²) >= 11 is 5.63. The molecule has 0 saturated carbocycles. The maximum absolute atomic E-state index is 12.0. The molecular formula is C13H9ClN2O3. The van der Waals surface area contributed by atoms with Gasteiger partial charge in [-0.05, 0) is 29.8 Å². The molecule has 0 atom stereocenters. The van der Waals surface area contributed by atoms with E-state index in [1.165, 1.54) is 24.4 Å². The van der Waals surface area contributed by atoms with E-state index in [0.717, 1.165) is 0 Å². The number of aromatic nitrogens is 2. The molecule has 0 unspecified atom stereocenters. The lowest BCUT2D eigenvalue weighted by atomic mass is 10.0. The van der Waals surface area contributed by atoms with Crippen molar-refractivity contribution < 1.29 is 14.7 Å². The topological polar surface area (TPSA) is 80.1 Å². The molecule has 0 amide bonds. The van der Waals surface area contributed by atoms with Crippen molar-refractivity contribution >= 4 is 23.4 Å². The molecule has 0 aliphatic carbocycles. The molecule has 0 radical (unpaired) electrons. The average Bonchev–Trinajstić information content (AvgIpc) is 2.39. The molecule has 5 nitrogen and oxygen atoms in total. The van der Waals surface area contributed by atoms with Gasteiger partial charge in [-0.3, -0.25) is 4.79 Å². The molecular weight excluding hydrogens is 268 g/mol. The monoisotopic (exact) mass is 276 g/mol. The van der Waals surface area contributed by atoms with Crippen molar-refractivity contribution in [3.05, 3.63) is 58.6 Å². The summed E-state index contributed by atoms with van der Waals surface area (Å²) in [7, 11) is 0. The van der Waals surface area contributed by atoms with Gasteiger partial charge in [-0.25, -0.2) is 14.8 Å². The zero-order chi connectivity index (χ0) is 13.8. The summed E-state index contributed by atoms with van der Waals surface area (Å²) in [5.74, 6) is -1.29. The second-order valence-electron chi connectivity index (χ2n) is 3.80. The Balaban J connectivity index is 2.20. The van der Waals surface area contributed by atoms with Gasteiger partial charge in [-0.1, -0.05) is 12.1 Å². The SMILES string of the molecule is O=C(O)c1cccc(C(=O)Cc2ccnc(Cl)n2)c1. The smallest absolute Gasteiger partial charge is 0.335 e. The lowest BCUT2D eigenvalue weighted by Crippen LogP contribution is -2.07. The van der Waals surface area contributed by atoms with E-state index >= 15 is 0 Å². The first-order chi connectivity index (χ1) is 9.06. The number of hydrogen-bond acceptors (Lipinski definition) is 4. The molecule has 0 aliphatic rings. The number of nitrogens with zero attached hydrogens (tertiary/aromatic N) is 2. The Morgan fingerprint density at radius 2 is 1.95 bits per heavy atom. The summed E-state index contributed by atoms with van der Waals surface area (Å²) in [6.07, 6.45) is 1.51.